The van der Waals surface area contributed by atoms with Gasteiger partial charge in [0.25, 0.3) is 0 Å². The van der Waals surface area contributed by atoms with E-state index in [1.165, 1.54) is 4.90 Å². The Morgan fingerprint density at radius 3 is 2.64 bits per heavy atom. The normalized spacial score (nSPS) is 16.2. The Morgan fingerprint density at radius 1 is 1.29 bits per heavy atom. The first-order valence-electron chi connectivity index (χ1n) is 8.53. The van der Waals surface area contributed by atoms with Gasteiger partial charge in [0.05, 0.1) is 12.2 Å². The number of benzene rings is 1. The van der Waals surface area contributed by atoms with Crippen molar-refractivity contribution in [3.05, 3.63) is 53.1 Å². The predicted molar refractivity (Wildman–Crippen MR) is 92.7 cm³/mol. The van der Waals surface area contributed by atoms with Crippen LogP contribution in [0.2, 0.25) is 0 Å². The molecular weight excluding hydrogens is 375 g/mol. The van der Waals surface area contributed by atoms with Crippen LogP contribution < -0.4 is 5.32 Å². The van der Waals surface area contributed by atoms with E-state index in [0.29, 0.717) is 17.9 Å². The molecule has 0 radical (unpaired) electrons. The molecule has 0 spiro atoms. The molecule has 1 aliphatic heterocycles. The number of amides is 2. The number of hydrogen-bond acceptors (Lipinski definition) is 4. The molecular formula is C18H16F3N5O2. The molecule has 10 heteroatoms. The highest BCUT2D eigenvalue weighted by Crippen LogP contribution is 2.32. The molecule has 0 fully saturated rings. The minimum Gasteiger partial charge on any atom is -0.354 e. The number of anilines is 1. The van der Waals surface area contributed by atoms with Crippen molar-refractivity contribution in [2.24, 2.45) is 7.05 Å². The van der Waals surface area contributed by atoms with Crippen LogP contribution in [0, 0.1) is 17.5 Å². The van der Waals surface area contributed by atoms with Crippen LogP contribution in [0.3, 0.4) is 0 Å². The Bertz CT molecular complexity index is 1040. The number of hydrogen-bond donors (Lipinski definition) is 1. The molecule has 0 saturated carbocycles. The van der Waals surface area contributed by atoms with Gasteiger partial charge < -0.3 is 14.7 Å². The average Bonchev–Trinajstić information content (AvgIpc) is 3.24. The van der Waals surface area contributed by atoms with Crippen LogP contribution in [0.25, 0.3) is 11.5 Å². The lowest BCUT2D eigenvalue weighted by molar-refractivity contribution is 0.182. The number of halogens is 3. The van der Waals surface area contributed by atoms with Crippen LogP contribution in [0.15, 0.2) is 28.9 Å². The summed E-state index contributed by atoms with van der Waals surface area (Å²) in [7, 11) is 1.77. The standard InChI is InChI=1S/C18H16F3N5O2/c1-9-5-15-11(17(28-24-15)14-3-4-25(2)23-14)8-26(9)18(27)22-10-6-12(19)16(21)13(20)7-10/h3-4,6-7,9H,5,8H2,1-2H3,(H,22,27). The van der Waals surface area contributed by atoms with Crippen LogP contribution in [0.5, 0.6) is 0 Å². The highest BCUT2D eigenvalue weighted by Gasteiger charge is 2.33. The highest BCUT2D eigenvalue weighted by molar-refractivity contribution is 5.89. The minimum atomic E-state index is -1.58. The van der Waals surface area contributed by atoms with E-state index in [-0.39, 0.29) is 18.3 Å². The summed E-state index contributed by atoms with van der Waals surface area (Å²) in [5.74, 6) is -3.86. The van der Waals surface area contributed by atoms with E-state index in [4.69, 9.17) is 4.52 Å². The molecule has 4 rings (SSSR count). The van der Waals surface area contributed by atoms with Crippen LogP contribution in [-0.2, 0) is 20.0 Å². The van der Waals surface area contributed by atoms with Crippen molar-refractivity contribution in [1.29, 1.82) is 0 Å². The summed E-state index contributed by atoms with van der Waals surface area (Å²) in [6.45, 7) is 2.01. The first-order chi connectivity index (χ1) is 13.3. The van der Waals surface area contributed by atoms with Gasteiger partial charge in [0.1, 0.15) is 5.69 Å². The molecule has 146 valence electrons. The van der Waals surface area contributed by atoms with Gasteiger partial charge in [0.15, 0.2) is 23.2 Å². The van der Waals surface area contributed by atoms with E-state index in [0.717, 1.165) is 23.4 Å². The van der Waals surface area contributed by atoms with Crippen molar-refractivity contribution in [2.45, 2.75) is 25.9 Å². The van der Waals surface area contributed by atoms with Gasteiger partial charge in [0.2, 0.25) is 0 Å². The van der Waals surface area contributed by atoms with Crippen molar-refractivity contribution in [3.8, 4) is 11.5 Å². The first-order valence-corrected chi connectivity index (χ1v) is 8.53. The van der Waals surface area contributed by atoms with E-state index in [2.05, 4.69) is 15.6 Å². The Hall–Kier alpha value is -3.30. The highest BCUT2D eigenvalue weighted by atomic mass is 19.2. The molecule has 1 atom stereocenters. The molecule has 1 N–H and O–H groups in total. The minimum absolute atomic E-state index is 0.172. The summed E-state index contributed by atoms with van der Waals surface area (Å²) in [4.78, 5) is 14.2. The number of aromatic nitrogens is 3. The quantitative estimate of drug-likeness (QED) is 0.679. The molecule has 2 aromatic heterocycles. The fourth-order valence-corrected chi connectivity index (χ4v) is 3.21. The zero-order valence-corrected chi connectivity index (χ0v) is 15.0. The maximum atomic E-state index is 13.4. The Labute approximate surface area is 157 Å². The average molecular weight is 391 g/mol. The molecule has 3 heterocycles. The first kappa shape index (κ1) is 18.1. The maximum absolute atomic E-state index is 13.4. The van der Waals surface area contributed by atoms with Crippen LogP contribution in [0.4, 0.5) is 23.7 Å². The van der Waals surface area contributed by atoms with E-state index in [9.17, 15) is 18.0 Å². The monoisotopic (exact) mass is 391 g/mol. The number of fused-ring (bicyclic) bond motifs is 1. The van der Waals surface area contributed by atoms with Gasteiger partial charge in [0, 0.05) is 49.1 Å². The lowest BCUT2D eigenvalue weighted by atomic mass is 9.99. The summed E-state index contributed by atoms with van der Waals surface area (Å²) < 4.78 is 47.0. The number of nitrogens with zero attached hydrogens (tertiary/aromatic N) is 4. The largest absolute Gasteiger partial charge is 0.354 e. The number of carbonyl (C=O) groups excluding carboxylic acids is 1. The van der Waals surface area contributed by atoms with Gasteiger partial charge >= 0.3 is 6.03 Å². The molecule has 3 aromatic rings. The Kier molecular flexibility index (Phi) is 4.33. The third kappa shape index (κ3) is 3.10. The van der Waals surface area contributed by atoms with E-state index in [1.807, 2.05) is 6.92 Å². The molecule has 2 amide bonds. The molecule has 0 bridgehead atoms. The fraction of sp³-hybridized carbons (Fsp3) is 0.278. The van der Waals surface area contributed by atoms with Gasteiger partial charge in [-0.3, -0.25) is 4.68 Å². The van der Waals surface area contributed by atoms with Crippen LogP contribution in [0.1, 0.15) is 18.2 Å². The second-order valence-electron chi connectivity index (χ2n) is 6.68. The molecule has 7 nitrogen and oxygen atoms in total. The van der Waals surface area contributed by atoms with Crippen LogP contribution in [-0.4, -0.2) is 31.9 Å². The molecule has 1 aromatic carbocycles. The van der Waals surface area contributed by atoms with Crippen molar-refractivity contribution >= 4 is 11.7 Å². The molecule has 28 heavy (non-hydrogen) atoms. The number of urea groups is 1. The number of rotatable bonds is 2. The van der Waals surface area contributed by atoms with Gasteiger partial charge in [-0.1, -0.05) is 5.16 Å². The van der Waals surface area contributed by atoms with Crippen molar-refractivity contribution < 1.29 is 22.5 Å². The zero-order chi connectivity index (χ0) is 20.0. The fourth-order valence-electron chi connectivity index (χ4n) is 3.21. The van der Waals surface area contributed by atoms with Crippen molar-refractivity contribution in [1.82, 2.24) is 19.8 Å². The van der Waals surface area contributed by atoms with E-state index in [1.54, 1.807) is 24.0 Å². The third-order valence-corrected chi connectivity index (χ3v) is 4.66. The summed E-state index contributed by atoms with van der Waals surface area (Å²) in [5.41, 5.74) is 1.88. The smallest absolute Gasteiger partial charge is 0.322 e. The lowest BCUT2D eigenvalue weighted by Crippen LogP contribution is -2.44. The Morgan fingerprint density at radius 2 is 2.00 bits per heavy atom. The molecule has 0 saturated heterocycles. The van der Waals surface area contributed by atoms with Gasteiger partial charge in [-0.25, -0.2) is 18.0 Å². The van der Waals surface area contributed by atoms with Crippen molar-refractivity contribution in [3.63, 3.8) is 0 Å². The van der Waals surface area contributed by atoms with Crippen molar-refractivity contribution in [2.75, 3.05) is 5.32 Å². The lowest BCUT2D eigenvalue weighted by Gasteiger charge is -2.32. The maximum Gasteiger partial charge on any atom is 0.322 e. The number of aryl methyl sites for hydroxylation is 1. The van der Waals surface area contributed by atoms with Gasteiger partial charge in [-0.15, -0.1) is 0 Å². The molecule has 0 aliphatic carbocycles. The van der Waals surface area contributed by atoms with Gasteiger partial charge in [-0.05, 0) is 13.0 Å². The second-order valence-corrected chi connectivity index (χ2v) is 6.68. The summed E-state index contributed by atoms with van der Waals surface area (Å²) in [6, 6.07) is 2.43. The Balaban J connectivity index is 1.58. The SMILES string of the molecule is CC1Cc2noc(-c3ccn(C)n3)c2CN1C(=O)Nc1cc(F)c(F)c(F)c1. The number of nitrogens with one attached hydrogen (secondary N) is 1. The molecule has 1 unspecified atom stereocenters. The summed E-state index contributed by atoms with van der Waals surface area (Å²) >= 11 is 0. The zero-order valence-electron chi connectivity index (χ0n) is 15.0. The van der Waals surface area contributed by atoms with E-state index < -0.39 is 23.5 Å². The van der Waals surface area contributed by atoms with E-state index >= 15 is 0 Å². The summed E-state index contributed by atoms with van der Waals surface area (Å²) in [5, 5.41) is 10.8. The molecule has 1 aliphatic rings. The second kappa shape index (κ2) is 6.70. The third-order valence-electron chi connectivity index (χ3n) is 4.66. The topological polar surface area (TPSA) is 76.2 Å². The van der Waals surface area contributed by atoms with Crippen LogP contribution >= 0.6 is 0 Å². The number of carbonyl (C=O) groups is 1. The predicted octanol–water partition coefficient (Wildman–Crippen LogP) is 3.47. The summed E-state index contributed by atoms with van der Waals surface area (Å²) in [6.07, 6.45) is 2.21. The van der Waals surface area contributed by atoms with Gasteiger partial charge in [-0.2, -0.15) is 5.10 Å².